The van der Waals surface area contributed by atoms with Gasteiger partial charge >= 0.3 is 0 Å². The predicted octanol–water partition coefficient (Wildman–Crippen LogP) is 3.45. The van der Waals surface area contributed by atoms with Gasteiger partial charge in [-0.3, -0.25) is 14.4 Å². The number of fused-ring (bicyclic) bond motifs is 3. The summed E-state index contributed by atoms with van der Waals surface area (Å²) in [6.45, 7) is 7.71. The van der Waals surface area contributed by atoms with Crippen molar-refractivity contribution in [3.8, 4) is 11.4 Å². The van der Waals surface area contributed by atoms with E-state index in [1.165, 1.54) is 6.92 Å². The number of nitrogens with two attached hydrogens (primary N) is 1. The fourth-order valence-corrected chi connectivity index (χ4v) is 3.55. The quantitative estimate of drug-likeness (QED) is 0.539. The number of rotatable bonds is 6. The van der Waals surface area contributed by atoms with Crippen molar-refractivity contribution < 1.29 is 9.53 Å². The summed E-state index contributed by atoms with van der Waals surface area (Å²) in [5.41, 5.74) is 9.41. The first kappa shape index (κ1) is 24.4. The van der Waals surface area contributed by atoms with E-state index in [4.69, 9.17) is 27.1 Å². The Hall–Kier alpha value is -3.23. The molecule has 1 aromatic heterocycles. The standard InChI is InChI=1S/C20H20ClN5O.C4H9NO/c1-13-24-25-19-12-23-20(14-3-5-15(21)6-4-14)17-11-16(27-10-2-9-22)7-8-18(17)26(13)19;1-3-5-4(2)6/h3-8,11H,2,9-10,12,22H2,1H3;3H2,1-2H3,(H,5,6). The number of amides is 1. The monoisotopic (exact) mass is 468 g/mol. The maximum atomic E-state index is 9.93. The third kappa shape index (κ3) is 6.18. The van der Waals surface area contributed by atoms with Gasteiger partial charge in [-0.15, -0.1) is 10.2 Å². The van der Waals surface area contributed by atoms with Gasteiger partial charge in [-0.1, -0.05) is 23.7 Å². The van der Waals surface area contributed by atoms with Gasteiger partial charge in [0.1, 0.15) is 18.1 Å². The molecule has 0 bridgehead atoms. The van der Waals surface area contributed by atoms with Crippen molar-refractivity contribution in [2.45, 2.75) is 33.7 Å². The molecule has 33 heavy (non-hydrogen) atoms. The van der Waals surface area contributed by atoms with Crippen molar-refractivity contribution >= 4 is 23.2 Å². The van der Waals surface area contributed by atoms with E-state index in [0.29, 0.717) is 24.7 Å². The molecule has 174 valence electrons. The Kier molecular flexibility index (Phi) is 8.57. The van der Waals surface area contributed by atoms with Gasteiger partial charge in [-0.05, 0) is 57.1 Å². The second kappa shape index (κ2) is 11.6. The van der Waals surface area contributed by atoms with Crippen LogP contribution in [0.5, 0.6) is 5.75 Å². The van der Waals surface area contributed by atoms with Crippen LogP contribution in [0.1, 0.15) is 43.0 Å². The van der Waals surface area contributed by atoms with Crippen LogP contribution in [0.2, 0.25) is 5.02 Å². The van der Waals surface area contributed by atoms with E-state index < -0.39 is 0 Å². The molecule has 0 spiro atoms. The molecule has 0 fully saturated rings. The Balaban J connectivity index is 0.000000454. The lowest BCUT2D eigenvalue weighted by Gasteiger charge is -2.15. The summed E-state index contributed by atoms with van der Waals surface area (Å²) in [7, 11) is 0. The highest BCUT2D eigenvalue weighted by atomic mass is 35.5. The SMILES string of the molecule is CCNC(C)=O.Cc1nnc2n1-c1ccc(OCCCN)cc1C(c1ccc(Cl)cc1)=NC2. The zero-order valence-electron chi connectivity index (χ0n) is 19.1. The summed E-state index contributed by atoms with van der Waals surface area (Å²) in [5, 5.41) is 11.8. The summed E-state index contributed by atoms with van der Waals surface area (Å²) < 4.78 is 7.91. The highest BCUT2D eigenvalue weighted by molar-refractivity contribution is 6.30. The van der Waals surface area contributed by atoms with Crippen LogP contribution in [0.15, 0.2) is 47.5 Å². The number of aromatic nitrogens is 3. The largest absolute Gasteiger partial charge is 0.494 e. The normalized spacial score (nSPS) is 11.8. The van der Waals surface area contributed by atoms with E-state index in [1.807, 2.05) is 60.9 Å². The maximum absolute atomic E-state index is 9.93. The molecular formula is C24H29ClN6O2. The Morgan fingerprint density at radius 2 is 1.97 bits per heavy atom. The van der Waals surface area contributed by atoms with Gasteiger partial charge in [0.15, 0.2) is 5.82 Å². The highest BCUT2D eigenvalue weighted by Crippen LogP contribution is 2.29. The molecule has 1 aliphatic heterocycles. The predicted molar refractivity (Wildman–Crippen MR) is 130 cm³/mol. The number of carbonyl (C=O) groups is 1. The molecule has 1 amide bonds. The number of hydrogen-bond acceptors (Lipinski definition) is 6. The second-order valence-electron chi connectivity index (χ2n) is 7.43. The molecular weight excluding hydrogens is 440 g/mol. The molecule has 8 nitrogen and oxygen atoms in total. The maximum Gasteiger partial charge on any atom is 0.216 e. The fraction of sp³-hybridized carbons (Fsp3) is 0.333. The van der Waals surface area contributed by atoms with Crippen LogP contribution >= 0.6 is 11.6 Å². The van der Waals surface area contributed by atoms with Crippen molar-refractivity contribution in [3.05, 3.63) is 70.3 Å². The van der Waals surface area contributed by atoms with Gasteiger partial charge in [-0.25, -0.2) is 0 Å². The van der Waals surface area contributed by atoms with E-state index in [9.17, 15) is 4.79 Å². The lowest BCUT2D eigenvalue weighted by molar-refractivity contribution is -0.118. The van der Waals surface area contributed by atoms with Crippen molar-refractivity contribution in [1.82, 2.24) is 20.1 Å². The Morgan fingerprint density at radius 1 is 1.21 bits per heavy atom. The van der Waals surface area contributed by atoms with Gasteiger partial charge < -0.3 is 15.8 Å². The van der Waals surface area contributed by atoms with E-state index >= 15 is 0 Å². The molecule has 0 aliphatic carbocycles. The summed E-state index contributed by atoms with van der Waals surface area (Å²) in [6.07, 6.45) is 0.809. The van der Waals surface area contributed by atoms with Gasteiger partial charge in [0.25, 0.3) is 0 Å². The van der Waals surface area contributed by atoms with Crippen molar-refractivity contribution in [2.24, 2.45) is 10.7 Å². The lowest BCUT2D eigenvalue weighted by Crippen LogP contribution is -2.18. The van der Waals surface area contributed by atoms with Crippen LogP contribution in [0.25, 0.3) is 5.69 Å². The lowest BCUT2D eigenvalue weighted by atomic mass is 10.00. The van der Waals surface area contributed by atoms with Crippen molar-refractivity contribution in [2.75, 3.05) is 19.7 Å². The van der Waals surface area contributed by atoms with Crippen LogP contribution < -0.4 is 15.8 Å². The number of nitrogens with one attached hydrogen (secondary N) is 1. The number of aryl methyl sites for hydroxylation is 1. The molecule has 0 saturated heterocycles. The average molecular weight is 469 g/mol. The zero-order valence-corrected chi connectivity index (χ0v) is 19.9. The van der Waals surface area contributed by atoms with Crippen molar-refractivity contribution in [1.29, 1.82) is 0 Å². The molecule has 2 heterocycles. The van der Waals surface area contributed by atoms with Crippen LogP contribution in [-0.2, 0) is 11.3 Å². The van der Waals surface area contributed by atoms with E-state index in [1.54, 1.807) is 0 Å². The van der Waals surface area contributed by atoms with Crippen LogP contribution in [-0.4, -0.2) is 46.1 Å². The number of benzene rings is 2. The first-order chi connectivity index (χ1) is 15.9. The minimum Gasteiger partial charge on any atom is -0.494 e. The molecule has 9 heteroatoms. The number of carbonyl (C=O) groups excluding carboxylic acids is 1. The highest BCUT2D eigenvalue weighted by Gasteiger charge is 2.22. The molecule has 1 aliphatic rings. The number of hydrogen-bond donors (Lipinski definition) is 2. The number of ether oxygens (including phenoxy) is 1. The van der Waals surface area contributed by atoms with Gasteiger partial charge in [0.2, 0.25) is 5.91 Å². The van der Waals surface area contributed by atoms with E-state index in [-0.39, 0.29) is 5.91 Å². The third-order valence-electron chi connectivity index (χ3n) is 4.90. The molecule has 3 N–H and O–H groups in total. The van der Waals surface area contributed by atoms with Crippen LogP contribution in [0.3, 0.4) is 0 Å². The second-order valence-corrected chi connectivity index (χ2v) is 7.86. The molecule has 4 rings (SSSR count). The molecule has 3 aromatic rings. The van der Waals surface area contributed by atoms with E-state index in [0.717, 1.165) is 52.9 Å². The number of aliphatic imine (C=N–C) groups is 1. The van der Waals surface area contributed by atoms with Gasteiger partial charge in [0, 0.05) is 29.6 Å². The first-order valence-corrected chi connectivity index (χ1v) is 11.3. The molecule has 0 saturated carbocycles. The minimum atomic E-state index is 0.0394. The number of nitrogens with zero attached hydrogens (tertiary/aromatic N) is 4. The molecule has 0 unspecified atom stereocenters. The summed E-state index contributed by atoms with van der Waals surface area (Å²) in [4.78, 5) is 14.8. The Labute approximate surface area is 198 Å². The van der Waals surface area contributed by atoms with E-state index in [2.05, 4.69) is 15.5 Å². The Bertz CT molecular complexity index is 1120. The summed E-state index contributed by atoms with van der Waals surface area (Å²) in [5.74, 6) is 2.47. The van der Waals surface area contributed by atoms with Crippen LogP contribution in [0, 0.1) is 6.92 Å². The third-order valence-corrected chi connectivity index (χ3v) is 5.15. The Morgan fingerprint density at radius 3 is 2.61 bits per heavy atom. The molecule has 0 radical (unpaired) electrons. The first-order valence-electron chi connectivity index (χ1n) is 10.9. The summed E-state index contributed by atoms with van der Waals surface area (Å²) in [6, 6.07) is 13.7. The minimum absolute atomic E-state index is 0.0394. The van der Waals surface area contributed by atoms with Crippen molar-refractivity contribution in [3.63, 3.8) is 0 Å². The average Bonchev–Trinajstić information content (AvgIpc) is 3.07. The summed E-state index contributed by atoms with van der Waals surface area (Å²) >= 11 is 6.06. The molecule has 2 aromatic carbocycles. The number of halogens is 1. The zero-order chi connectivity index (χ0) is 23.8. The smallest absolute Gasteiger partial charge is 0.216 e. The van der Waals surface area contributed by atoms with Gasteiger partial charge in [-0.2, -0.15) is 0 Å². The fourth-order valence-electron chi connectivity index (χ4n) is 3.42. The molecule has 0 atom stereocenters. The topological polar surface area (TPSA) is 107 Å². The van der Waals surface area contributed by atoms with Crippen LogP contribution in [0.4, 0.5) is 0 Å². The van der Waals surface area contributed by atoms with Gasteiger partial charge in [0.05, 0.1) is 18.0 Å².